The number of thiol groups is 1. The van der Waals surface area contributed by atoms with E-state index < -0.39 is 0 Å². The molecule has 150 valence electrons. The lowest BCUT2D eigenvalue weighted by Gasteiger charge is -2.22. The summed E-state index contributed by atoms with van der Waals surface area (Å²) in [5.74, 6) is -0.499. The van der Waals surface area contributed by atoms with E-state index in [2.05, 4.69) is 28.2 Å². The molecule has 7 nitrogen and oxygen atoms in total. The van der Waals surface area contributed by atoms with Crippen LogP contribution in [0.3, 0.4) is 0 Å². The molecule has 1 unspecified atom stereocenters. The molecule has 1 fully saturated rings. The van der Waals surface area contributed by atoms with E-state index in [1.165, 1.54) is 0 Å². The number of carbonyl (C=O) groups excluding carboxylic acids is 2. The van der Waals surface area contributed by atoms with E-state index in [9.17, 15) is 9.59 Å². The standard InChI is InChI=1S/C20H25N3O4S/c1-2-13-9-14-3-4-15(11-17(14)22-20(25)18(10-13)23-28)19(24)21-6-5-16-12-26-7-8-27-16/h3-4,9-11,16,23,28H,2,5-8,12H2,1H3,(H,21,24)(H,22,25). The second-order valence-corrected chi connectivity index (χ2v) is 6.83. The van der Waals surface area contributed by atoms with Crippen LogP contribution in [0.15, 0.2) is 35.5 Å². The van der Waals surface area contributed by atoms with Gasteiger partial charge < -0.3 is 24.8 Å². The SMILES string of the molecule is CCC1=Cc2ccc(C(=O)NCCC3COCCO3)cc2NC(=O)C(NS)=C1. The second kappa shape index (κ2) is 9.77. The Balaban J connectivity index is 1.70. The number of hydrogen-bond donors (Lipinski definition) is 4. The minimum atomic E-state index is -0.303. The molecule has 2 heterocycles. The monoisotopic (exact) mass is 403 g/mol. The van der Waals surface area contributed by atoms with E-state index in [0.29, 0.717) is 49.7 Å². The molecule has 1 aromatic carbocycles. The fourth-order valence-corrected chi connectivity index (χ4v) is 3.22. The van der Waals surface area contributed by atoms with E-state index in [4.69, 9.17) is 9.47 Å². The van der Waals surface area contributed by atoms with Gasteiger partial charge in [-0.1, -0.05) is 25.8 Å². The zero-order valence-electron chi connectivity index (χ0n) is 15.8. The molecule has 1 aromatic rings. The van der Waals surface area contributed by atoms with E-state index >= 15 is 0 Å². The van der Waals surface area contributed by atoms with Gasteiger partial charge in [0.1, 0.15) is 5.70 Å². The Hall–Kier alpha value is -2.29. The molecular formula is C20H25N3O4S. The third kappa shape index (κ3) is 5.15. The Morgan fingerprint density at radius 2 is 2.18 bits per heavy atom. The van der Waals surface area contributed by atoms with Gasteiger partial charge in [-0.25, -0.2) is 0 Å². The van der Waals surface area contributed by atoms with Crippen LogP contribution in [-0.2, 0) is 14.3 Å². The molecule has 0 bridgehead atoms. The molecule has 8 heteroatoms. The molecule has 1 saturated heterocycles. The third-order valence-electron chi connectivity index (χ3n) is 4.64. The second-order valence-electron chi connectivity index (χ2n) is 6.61. The van der Waals surface area contributed by atoms with Crippen LogP contribution >= 0.6 is 12.8 Å². The predicted molar refractivity (Wildman–Crippen MR) is 111 cm³/mol. The highest BCUT2D eigenvalue weighted by molar-refractivity contribution is 7.78. The lowest BCUT2D eigenvalue weighted by molar-refractivity contribution is -0.113. The zero-order valence-corrected chi connectivity index (χ0v) is 16.7. The summed E-state index contributed by atoms with van der Waals surface area (Å²) in [6, 6.07) is 5.28. The number of ether oxygens (including phenoxy) is 2. The van der Waals surface area contributed by atoms with Gasteiger partial charge in [0, 0.05) is 17.8 Å². The van der Waals surface area contributed by atoms with Crippen LogP contribution in [0.1, 0.15) is 35.7 Å². The fraction of sp³-hybridized carbons (Fsp3) is 0.400. The van der Waals surface area contributed by atoms with Crippen molar-refractivity contribution in [2.75, 3.05) is 31.7 Å². The molecular weight excluding hydrogens is 378 g/mol. The van der Waals surface area contributed by atoms with Crippen molar-refractivity contribution in [3.63, 3.8) is 0 Å². The first-order valence-electron chi connectivity index (χ1n) is 9.36. The quantitative estimate of drug-likeness (QED) is 0.548. The van der Waals surface area contributed by atoms with Crippen molar-refractivity contribution in [1.82, 2.24) is 10.0 Å². The number of amides is 2. The number of benzene rings is 1. The molecule has 1 atom stereocenters. The van der Waals surface area contributed by atoms with Gasteiger partial charge in [0.2, 0.25) is 0 Å². The van der Waals surface area contributed by atoms with E-state index in [-0.39, 0.29) is 17.9 Å². The summed E-state index contributed by atoms with van der Waals surface area (Å²) >= 11 is 4.00. The number of rotatable bonds is 6. The van der Waals surface area contributed by atoms with Crippen molar-refractivity contribution in [3.05, 3.63) is 46.7 Å². The first kappa shape index (κ1) is 20.4. The third-order valence-corrected chi connectivity index (χ3v) is 4.89. The number of anilines is 1. The smallest absolute Gasteiger partial charge is 0.272 e. The molecule has 0 spiro atoms. The highest BCUT2D eigenvalue weighted by Crippen LogP contribution is 2.25. The van der Waals surface area contributed by atoms with Gasteiger partial charge in [-0.3, -0.25) is 9.59 Å². The lowest BCUT2D eigenvalue weighted by atomic mass is 10.0. The molecule has 28 heavy (non-hydrogen) atoms. The normalized spacial score (nSPS) is 19.4. The number of allylic oxidation sites excluding steroid dienone is 2. The molecule has 2 aliphatic rings. The summed E-state index contributed by atoms with van der Waals surface area (Å²) in [5, 5.41) is 5.72. The predicted octanol–water partition coefficient (Wildman–Crippen LogP) is 2.29. The summed E-state index contributed by atoms with van der Waals surface area (Å²) in [6.07, 6.45) is 5.23. The Labute approximate surface area is 170 Å². The summed E-state index contributed by atoms with van der Waals surface area (Å²) in [6.45, 7) is 4.28. The van der Waals surface area contributed by atoms with Crippen LogP contribution in [-0.4, -0.2) is 44.3 Å². The highest BCUT2D eigenvalue weighted by atomic mass is 32.1. The fourth-order valence-electron chi connectivity index (χ4n) is 3.05. The van der Waals surface area contributed by atoms with Crippen molar-refractivity contribution in [1.29, 1.82) is 0 Å². The van der Waals surface area contributed by atoms with Gasteiger partial charge in [-0.15, -0.1) is 0 Å². The summed E-state index contributed by atoms with van der Waals surface area (Å²) < 4.78 is 13.5. The average molecular weight is 404 g/mol. The number of hydrogen-bond acceptors (Lipinski definition) is 6. The maximum Gasteiger partial charge on any atom is 0.272 e. The van der Waals surface area contributed by atoms with Crippen LogP contribution in [0.5, 0.6) is 0 Å². The van der Waals surface area contributed by atoms with Crippen LogP contribution < -0.4 is 15.4 Å². The minimum absolute atomic E-state index is 0.0145. The molecule has 3 N–H and O–H groups in total. The Morgan fingerprint density at radius 1 is 1.32 bits per heavy atom. The van der Waals surface area contributed by atoms with Crippen molar-refractivity contribution in [2.45, 2.75) is 25.9 Å². The topological polar surface area (TPSA) is 88.7 Å². The van der Waals surface area contributed by atoms with Gasteiger partial charge in [0.05, 0.1) is 25.9 Å². The van der Waals surface area contributed by atoms with Gasteiger partial charge >= 0.3 is 0 Å². The number of fused-ring (bicyclic) bond motifs is 1. The summed E-state index contributed by atoms with van der Waals surface area (Å²) in [4.78, 5) is 24.9. The first-order chi connectivity index (χ1) is 13.6. The van der Waals surface area contributed by atoms with Crippen LogP contribution in [0, 0.1) is 0 Å². The maximum atomic E-state index is 12.5. The zero-order chi connectivity index (χ0) is 19.9. The lowest BCUT2D eigenvalue weighted by Crippen LogP contribution is -2.33. The maximum absolute atomic E-state index is 12.5. The summed E-state index contributed by atoms with van der Waals surface area (Å²) in [7, 11) is 0. The Bertz CT molecular complexity index is 801. The average Bonchev–Trinajstić information content (AvgIpc) is 2.71. The van der Waals surface area contributed by atoms with Crippen molar-refractivity contribution in [3.8, 4) is 0 Å². The van der Waals surface area contributed by atoms with E-state index in [1.807, 2.05) is 19.1 Å². The van der Waals surface area contributed by atoms with Crippen molar-refractivity contribution < 1.29 is 19.1 Å². The molecule has 0 radical (unpaired) electrons. The molecule has 2 amide bonds. The van der Waals surface area contributed by atoms with Gasteiger partial charge in [0.15, 0.2) is 0 Å². The van der Waals surface area contributed by atoms with Crippen molar-refractivity contribution in [2.24, 2.45) is 0 Å². The number of nitrogens with one attached hydrogen (secondary N) is 3. The van der Waals surface area contributed by atoms with Crippen LogP contribution in [0.4, 0.5) is 5.69 Å². The largest absolute Gasteiger partial charge is 0.376 e. The number of carbonyl (C=O) groups is 2. The van der Waals surface area contributed by atoms with E-state index in [0.717, 1.165) is 17.6 Å². The van der Waals surface area contributed by atoms with Gasteiger partial charge in [-0.2, -0.15) is 0 Å². The van der Waals surface area contributed by atoms with Crippen LogP contribution in [0.25, 0.3) is 6.08 Å². The van der Waals surface area contributed by atoms with Crippen molar-refractivity contribution >= 4 is 36.4 Å². The van der Waals surface area contributed by atoms with Crippen LogP contribution in [0.2, 0.25) is 0 Å². The van der Waals surface area contributed by atoms with Gasteiger partial charge in [0.25, 0.3) is 11.8 Å². The minimum Gasteiger partial charge on any atom is -0.376 e. The molecule has 0 aromatic heterocycles. The molecule has 3 rings (SSSR count). The molecule has 2 aliphatic heterocycles. The first-order valence-corrected chi connectivity index (χ1v) is 9.80. The Kier molecular flexibility index (Phi) is 7.13. The molecule has 0 saturated carbocycles. The summed E-state index contributed by atoms with van der Waals surface area (Å²) in [5.41, 5.74) is 3.26. The molecule has 0 aliphatic carbocycles. The Morgan fingerprint density at radius 3 is 2.89 bits per heavy atom. The highest BCUT2D eigenvalue weighted by Gasteiger charge is 2.17. The van der Waals surface area contributed by atoms with Gasteiger partial charge in [-0.05, 0) is 48.3 Å². The van der Waals surface area contributed by atoms with E-state index in [1.54, 1.807) is 18.2 Å².